The van der Waals surface area contributed by atoms with E-state index in [1.54, 1.807) is 0 Å². The number of carbonyl (C=O) groups is 2. The zero-order valence-electron chi connectivity index (χ0n) is 8.93. The van der Waals surface area contributed by atoms with Gasteiger partial charge in [0.2, 0.25) is 5.91 Å². The third kappa shape index (κ3) is 4.00. The molecular weight excluding hydrogens is 208 g/mol. The molecule has 1 aromatic rings. The summed E-state index contributed by atoms with van der Waals surface area (Å²) < 4.78 is 0. The Morgan fingerprint density at radius 2 is 1.94 bits per heavy atom. The van der Waals surface area contributed by atoms with Crippen molar-refractivity contribution >= 4 is 12.0 Å². The first kappa shape index (κ1) is 12.0. The molecule has 1 rings (SSSR count). The zero-order valence-corrected chi connectivity index (χ0v) is 8.93. The fourth-order valence-electron chi connectivity index (χ4n) is 1.19. The molecule has 3 N–H and O–H groups in total. The Balaban J connectivity index is 2.38. The van der Waals surface area contributed by atoms with Gasteiger partial charge in [-0.05, 0) is 12.5 Å². The number of hydrogen-bond acceptors (Lipinski definition) is 2. The first-order valence-corrected chi connectivity index (χ1v) is 4.90. The number of carbonyl (C=O) groups excluding carboxylic acids is 1. The van der Waals surface area contributed by atoms with Crippen molar-refractivity contribution in [2.45, 2.75) is 19.5 Å². The van der Waals surface area contributed by atoms with Crippen molar-refractivity contribution in [3.8, 4) is 0 Å². The van der Waals surface area contributed by atoms with Gasteiger partial charge in [0.05, 0.1) is 0 Å². The lowest BCUT2D eigenvalue weighted by atomic mass is 10.2. The van der Waals surface area contributed by atoms with Crippen LogP contribution in [0.25, 0.3) is 0 Å². The molecule has 5 heteroatoms. The molecule has 0 aliphatic heterocycles. The van der Waals surface area contributed by atoms with Crippen LogP contribution >= 0.6 is 0 Å². The van der Waals surface area contributed by atoms with Crippen molar-refractivity contribution in [3.05, 3.63) is 35.9 Å². The molecule has 5 nitrogen and oxygen atoms in total. The molecule has 0 fully saturated rings. The fourth-order valence-corrected chi connectivity index (χ4v) is 1.19. The molecule has 0 aromatic heterocycles. The van der Waals surface area contributed by atoms with E-state index in [2.05, 4.69) is 10.6 Å². The summed E-state index contributed by atoms with van der Waals surface area (Å²) in [6.07, 6.45) is -1.21. The summed E-state index contributed by atoms with van der Waals surface area (Å²) in [5, 5.41) is 13.1. The Hall–Kier alpha value is -2.04. The molecule has 2 amide bonds. The quantitative estimate of drug-likeness (QED) is 0.710. The van der Waals surface area contributed by atoms with Gasteiger partial charge in [-0.2, -0.15) is 0 Å². The highest BCUT2D eigenvalue weighted by molar-refractivity contribution is 5.84. The molecule has 0 heterocycles. The molecule has 86 valence electrons. The average molecular weight is 222 g/mol. The van der Waals surface area contributed by atoms with Gasteiger partial charge in [0.1, 0.15) is 6.04 Å². The largest absolute Gasteiger partial charge is 0.465 e. The molecular formula is C11H14N2O3. The van der Waals surface area contributed by atoms with Crippen LogP contribution < -0.4 is 10.6 Å². The lowest BCUT2D eigenvalue weighted by Gasteiger charge is -2.11. The van der Waals surface area contributed by atoms with E-state index < -0.39 is 12.1 Å². The predicted molar refractivity (Wildman–Crippen MR) is 58.9 cm³/mol. The van der Waals surface area contributed by atoms with Crippen LogP contribution in [0.2, 0.25) is 0 Å². The maximum Gasteiger partial charge on any atom is 0.405 e. The Labute approximate surface area is 93.5 Å². The normalized spacial score (nSPS) is 11.6. The Morgan fingerprint density at radius 3 is 2.50 bits per heavy atom. The van der Waals surface area contributed by atoms with Crippen molar-refractivity contribution in [3.63, 3.8) is 0 Å². The fraction of sp³-hybridized carbons (Fsp3) is 0.273. The van der Waals surface area contributed by atoms with Crippen molar-refractivity contribution in [2.75, 3.05) is 0 Å². The highest BCUT2D eigenvalue weighted by Gasteiger charge is 2.13. The summed E-state index contributed by atoms with van der Waals surface area (Å²) in [6, 6.07) is 8.66. The SMILES string of the molecule is C[C@@H](NC(=O)O)C(=O)NCc1ccccc1. The maximum absolute atomic E-state index is 11.4. The van der Waals surface area contributed by atoms with Gasteiger partial charge < -0.3 is 15.7 Å². The second-order valence-electron chi connectivity index (χ2n) is 3.37. The minimum atomic E-state index is -1.21. The molecule has 1 atom stereocenters. The first-order chi connectivity index (χ1) is 7.59. The maximum atomic E-state index is 11.4. The number of amides is 2. The Bertz CT molecular complexity index is 365. The van der Waals surface area contributed by atoms with Crippen LogP contribution in [0.5, 0.6) is 0 Å². The van der Waals surface area contributed by atoms with Gasteiger partial charge in [-0.25, -0.2) is 4.79 Å². The number of nitrogens with one attached hydrogen (secondary N) is 2. The van der Waals surface area contributed by atoms with Crippen LogP contribution in [0.15, 0.2) is 30.3 Å². The molecule has 0 saturated carbocycles. The second kappa shape index (κ2) is 5.75. The van der Waals surface area contributed by atoms with Gasteiger partial charge in [-0.1, -0.05) is 30.3 Å². The molecule has 0 unspecified atom stereocenters. The molecule has 0 aliphatic carbocycles. The molecule has 1 aromatic carbocycles. The second-order valence-corrected chi connectivity index (χ2v) is 3.37. The van der Waals surface area contributed by atoms with Gasteiger partial charge in [0.15, 0.2) is 0 Å². The zero-order chi connectivity index (χ0) is 12.0. The van der Waals surface area contributed by atoms with Crippen molar-refractivity contribution in [1.82, 2.24) is 10.6 Å². The smallest absolute Gasteiger partial charge is 0.405 e. The summed E-state index contributed by atoms with van der Waals surface area (Å²) >= 11 is 0. The number of carboxylic acid groups (broad SMARTS) is 1. The molecule has 0 bridgehead atoms. The number of hydrogen-bond donors (Lipinski definition) is 3. The van der Waals surface area contributed by atoms with Crippen LogP contribution in [-0.2, 0) is 11.3 Å². The van der Waals surface area contributed by atoms with Crippen molar-refractivity contribution in [2.24, 2.45) is 0 Å². The highest BCUT2D eigenvalue weighted by Crippen LogP contribution is 1.97. The van der Waals surface area contributed by atoms with Crippen molar-refractivity contribution < 1.29 is 14.7 Å². The standard InChI is InChI=1S/C11H14N2O3/c1-8(13-11(15)16)10(14)12-7-9-5-3-2-4-6-9/h2-6,8,13H,7H2,1H3,(H,12,14)(H,15,16)/t8-/m1/s1. The average Bonchev–Trinajstić information content (AvgIpc) is 2.26. The minimum Gasteiger partial charge on any atom is -0.465 e. The molecule has 0 aliphatic rings. The van der Waals surface area contributed by atoms with E-state index in [0.717, 1.165) is 5.56 Å². The van der Waals surface area contributed by atoms with Crippen LogP contribution in [0.3, 0.4) is 0 Å². The first-order valence-electron chi connectivity index (χ1n) is 4.90. The predicted octanol–water partition coefficient (Wildman–Crippen LogP) is 0.959. The lowest BCUT2D eigenvalue weighted by Crippen LogP contribution is -2.43. The van der Waals surface area contributed by atoms with E-state index >= 15 is 0 Å². The minimum absolute atomic E-state index is 0.341. The van der Waals surface area contributed by atoms with E-state index in [1.165, 1.54) is 6.92 Å². The Morgan fingerprint density at radius 1 is 1.31 bits per heavy atom. The van der Waals surface area contributed by atoms with E-state index in [4.69, 9.17) is 5.11 Å². The van der Waals surface area contributed by atoms with Gasteiger partial charge in [0, 0.05) is 6.54 Å². The summed E-state index contributed by atoms with van der Waals surface area (Å²) in [7, 11) is 0. The molecule has 16 heavy (non-hydrogen) atoms. The number of rotatable bonds is 4. The monoisotopic (exact) mass is 222 g/mol. The van der Waals surface area contributed by atoms with Crippen LogP contribution in [0.1, 0.15) is 12.5 Å². The van der Waals surface area contributed by atoms with E-state index in [9.17, 15) is 9.59 Å². The third-order valence-electron chi connectivity index (χ3n) is 2.04. The van der Waals surface area contributed by atoms with E-state index in [-0.39, 0.29) is 5.91 Å². The van der Waals surface area contributed by atoms with Crippen LogP contribution in [0, 0.1) is 0 Å². The van der Waals surface area contributed by atoms with Gasteiger partial charge in [-0.3, -0.25) is 4.79 Å². The third-order valence-corrected chi connectivity index (χ3v) is 2.04. The van der Waals surface area contributed by atoms with Gasteiger partial charge >= 0.3 is 6.09 Å². The summed E-state index contributed by atoms with van der Waals surface area (Å²) in [4.78, 5) is 21.7. The highest BCUT2D eigenvalue weighted by atomic mass is 16.4. The topological polar surface area (TPSA) is 78.4 Å². The summed E-state index contributed by atoms with van der Waals surface area (Å²) in [5.74, 6) is -0.341. The molecule has 0 saturated heterocycles. The van der Waals surface area contributed by atoms with Gasteiger partial charge in [0.25, 0.3) is 0 Å². The summed E-state index contributed by atoms with van der Waals surface area (Å²) in [6.45, 7) is 1.89. The molecule has 0 spiro atoms. The van der Waals surface area contributed by atoms with Crippen LogP contribution in [-0.4, -0.2) is 23.1 Å². The lowest BCUT2D eigenvalue weighted by molar-refractivity contribution is -0.122. The van der Waals surface area contributed by atoms with E-state index in [0.29, 0.717) is 6.54 Å². The van der Waals surface area contributed by atoms with Crippen molar-refractivity contribution in [1.29, 1.82) is 0 Å². The molecule has 0 radical (unpaired) electrons. The van der Waals surface area contributed by atoms with E-state index in [1.807, 2.05) is 30.3 Å². The summed E-state index contributed by atoms with van der Waals surface area (Å²) in [5.41, 5.74) is 0.971. The number of benzene rings is 1. The van der Waals surface area contributed by atoms with Gasteiger partial charge in [-0.15, -0.1) is 0 Å². The Kier molecular flexibility index (Phi) is 4.32. The van der Waals surface area contributed by atoms with Crippen LogP contribution in [0.4, 0.5) is 4.79 Å².